The van der Waals surface area contributed by atoms with Crippen molar-refractivity contribution in [2.45, 2.75) is 13.3 Å². The predicted octanol–water partition coefficient (Wildman–Crippen LogP) is 3.41. The van der Waals surface area contributed by atoms with Gasteiger partial charge in [-0.3, -0.25) is 5.10 Å². The lowest BCUT2D eigenvalue weighted by Gasteiger charge is -2.05. The Kier molecular flexibility index (Phi) is 4.76. The van der Waals surface area contributed by atoms with Gasteiger partial charge in [0.05, 0.1) is 0 Å². The molecule has 1 heterocycles. The van der Waals surface area contributed by atoms with Crippen LogP contribution in [0.15, 0.2) is 30.3 Å². The maximum atomic E-state index is 5.83. The molecular formula is C13H15ClN4S. The summed E-state index contributed by atoms with van der Waals surface area (Å²) in [5, 5.41) is 7.64. The molecule has 0 saturated carbocycles. The fourth-order valence-electron chi connectivity index (χ4n) is 1.64. The van der Waals surface area contributed by atoms with Crippen LogP contribution < -0.4 is 5.43 Å². The van der Waals surface area contributed by atoms with E-state index in [9.17, 15) is 0 Å². The summed E-state index contributed by atoms with van der Waals surface area (Å²) >= 11 is 11.0. The number of hydrogen-bond donors (Lipinski definition) is 2. The Balaban J connectivity index is 1.94. The molecule has 100 valence electrons. The number of aromatic nitrogens is 3. The molecule has 0 saturated heterocycles. The van der Waals surface area contributed by atoms with Gasteiger partial charge in [-0.2, -0.15) is 5.10 Å². The molecule has 0 fully saturated rings. The minimum absolute atomic E-state index is 0.580. The van der Waals surface area contributed by atoms with Crippen molar-refractivity contribution in [3.63, 3.8) is 0 Å². The van der Waals surface area contributed by atoms with E-state index in [-0.39, 0.29) is 0 Å². The van der Waals surface area contributed by atoms with E-state index in [4.69, 9.17) is 23.8 Å². The summed E-state index contributed by atoms with van der Waals surface area (Å²) in [7, 11) is 0. The Labute approximate surface area is 122 Å². The van der Waals surface area contributed by atoms with Gasteiger partial charge in [0.25, 0.3) is 0 Å². The highest BCUT2D eigenvalue weighted by molar-refractivity contribution is 7.71. The first-order chi connectivity index (χ1) is 9.20. The highest BCUT2D eigenvalue weighted by atomic mass is 35.5. The van der Waals surface area contributed by atoms with Gasteiger partial charge in [-0.15, -0.1) is 0 Å². The second-order valence-corrected chi connectivity index (χ2v) is 4.77. The van der Waals surface area contributed by atoms with Gasteiger partial charge < -0.3 is 5.43 Å². The van der Waals surface area contributed by atoms with Gasteiger partial charge in [0, 0.05) is 18.0 Å². The molecule has 0 aliphatic heterocycles. The van der Waals surface area contributed by atoms with Crippen LogP contribution in [0, 0.1) is 4.77 Å². The van der Waals surface area contributed by atoms with Crippen molar-refractivity contribution in [1.29, 1.82) is 0 Å². The average Bonchev–Trinajstić information content (AvgIpc) is 2.77. The molecule has 0 radical (unpaired) electrons. The van der Waals surface area contributed by atoms with Crippen LogP contribution in [-0.4, -0.2) is 21.4 Å². The van der Waals surface area contributed by atoms with Crippen LogP contribution in [0.1, 0.15) is 18.3 Å². The van der Waals surface area contributed by atoms with Crippen molar-refractivity contribution in [2.24, 2.45) is 0 Å². The van der Waals surface area contributed by atoms with E-state index in [1.807, 2.05) is 43.3 Å². The number of nitrogens with one attached hydrogen (secondary N) is 2. The lowest BCUT2D eigenvalue weighted by atomic mass is 10.2. The monoisotopic (exact) mass is 294 g/mol. The Morgan fingerprint density at radius 3 is 2.84 bits per heavy atom. The summed E-state index contributed by atoms with van der Waals surface area (Å²) in [4.78, 5) is 0. The molecule has 2 rings (SSSR count). The fourth-order valence-corrected chi connectivity index (χ4v) is 1.98. The van der Waals surface area contributed by atoms with Crippen molar-refractivity contribution in [3.05, 3.63) is 51.5 Å². The van der Waals surface area contributed by atoms with Crippen molar-refractivity contribution < 1.29 is 0 Å². The molecule has 0 bridgehead atoms. The van der Waals surface area contributed by atoms with Crippen LogP contribution in [0.25, 0.3) is 6.08 Å². The van der Waals surface area contributed by atoms with E-state index >= 15 is 0 Å². The summed E-state index contributed by atoms with van der Waals surface area (Å²) in [6.07, 6.45) is 4.87. The zero-order chi connectivity index (χ0) is 13.7. The van der Waals surface area contributed by atoms with Gasteiger partial charge in [-0.05, 0) is 29.9 Å². The fraction of sp³-hybridized carbons (Fsp3) is 0.231. The summed E-state index contributed by atoms with van der Waals surface area (Å²) < 4.78 is 2.37. The Morgan fingerprint density at radius 2 is 2.16 bits per heavy atom. The number of H-pyrrole nitrogens is 1. The van der Waals surface area contributed by atoms with Gasteiger partial charge in [0.15, 0.2) is 5.82 Å². The molecule has 6 heteroatoms. The minimum Gasteiger partial charge on any atom is -0.318 e. The third-order valence-electron chi connectivity index (χ3n) is 2.61. The summed E-state index contributed by atoms with van der Waals surface area (Å²) in [6, 6.07) is 7.69. The summed E-state index contributed by atoms with van der Waals surface area (Å²) in [6.45, 7) is 2.70. The first kappa shape index (κ1) is 13.8. The lowest BCUT2D eigenvalue weighted by molar-refractivity contribution is 0.792. The highest BCUT2D eigenvalue weighted by Gasteiger charge is 2.01. The third kappa shape index (κ3) is 3.68. The summed E-state index contributed by atoms with van der Waals surface area (Å²) in [5.74, 6) is 0.893. The molecule has 0 aliphatic rings. The van der Waals surface area contributed by atoms with Crippen LogP contribution in [-0.2, 0) is 6.42 Å². The number of halogens is 1. The molecule has 1 aromatic carbocycles. The number of rotatable bonds is 5. The van der Waals surface area contributed by atoms with Crippen LogP contribution in [0.3, 0.4) is 0 Å². The van der Waals surface area contributed by atoms with Crippen LogP contribution in [0.5, 0.6) is 0 Å². The zero-order valence-electron chi connectivity index (χ0n) is 10.6. The predicted molar refractivity (Wildman–Crippen MR) is 81.5 cm³/mol. The van der Waals surface area contributed by atoms with Gasteiger partial charge in [0.1, 0.15) is 0 Å². The minimum atomic E-state index is 0.580. The van der Waals surface area contributed by atoms with E-state index < -0.39 is 0 Å². The van der Waals surface area contributed by atoms with E-state index in [0.29, 0.717) is 11.3 Å². The first-order valence-electron chi connectivity index (χ1n) is 6.03. The van der Waals surface area contributed by atoms with Crippen molar-refractivity contribution >= 4 is 29.9 Å². The van der Waals surface area contributed by atoms with Crippen molar-refractivity contribution in [3.8, 4) is 0 Å². The Bertz CT molecular complexity index is 612. The van der Waals surface area contributed by atoms with E-state index in [0.717, 1.165) is 22.8 Å². The molecule has 4 nitrogen and oxygen atoms in total. The number of aromatic amines is 1. The van der Waals surface area contributed by atoms with Gasteiger partial charge in [-0.25, -0.2) is 4.68 Å². The lowest BCUT2D eigenvalue weighted by Crippen LogP contribution is -2.17. The number of benzene rings is 1. The zero-order valence-corrected chi connectivity index (χ0v) is 12.1. The molecule has 19 heavy (non-hydrogen) atoms. The number of hydrogen-bond acceptors (Lipinski definition) is 3. The molecule has 2 aromatic rings. The quantitative estimate of drug-likeness (QED) is 0.831. The Morgan fingerprint density at radius 1 is 1.42 bits per heavy atom. The SMILES string of the molecule is CCc1n[nH]c(=S)n1NC/C=C/c1ccc(Cl)cc1. The van der Waals surface area contributed by atoms with Gasteiger partial charge in [-0.1, -0.05) is 42.8 Å². The topological polar surface area (TPSA) is 45.6 Å². The largest absolute Gasteiger partial charge is 0.318 e. The summed E-state index contributed by atoms with van der Waals surface area (Å²) in [5.41, 5.74) is 4.31. The molecule has 0 amide bonds. The first-order valence-corrected chi connectivity index (χ1v) is 6.81. The van der Waals surface area contributed by atoms with Crippen LogP contribution >= 0.6 is 23.8 Å². The normalized spacial score (nSPS) is 11.1. The van der Waals surface area contributed by atoms with E-state index in [2.05, 4.69) is 15.6 Å². The van der Waals surface area contributed by atoms with Gasteiger partial charge in [0.2, 0.25) is 4.77 Å². The second-order valence-electron chi connectivity index (χ2n) is 3.95. The maximum absolute atomic E-state index is 5.83. The maximum Gasteiger partial charge on any atom is 0.214 e. The Hall–Kier alpha value is -1.59. The molecule has 1 aromatic heterocycles. The molecule has 2 N–H and O–H groups in total. The van der Waals surface area contributed by atoms with Crippen LogP contribution in [0.2, 0.25) is 5.02 Å². The molecule has 0 unspecified atom stereocenters. The number of nitrogens with zero attached hydrogens (tertiary/aromatic N) is 2. The van der Waals surface area contributed by atoms with Gasteiger partial charge >= 0.3 is 0 Å². The molecular weight excluding hydrogens is 280 g/mol. The van der Waals surface area contributed by atoms with E-state index in [1.165, 1.54) is 0 Å². The van der Waals surface area contributed by atoms with Crippen LogP contribution in [0.4, 0.5) is 0 Å². The average molecular weight is 295 g/mol. The standard InChI is InChI=1S/C13H15ClN4S/c1-2-12-16-17-13(19)18(12)15-9-3-4-10-5-7-11(14)8-6-10/h3-8,15H,2,9H2,1H3,(H,17,19)/b4-3+. The number of aryl methyl sites for hydroxylation is 1. The second kappa shape index (κ2) is 6.54. The molecule has 0 spiro atoms. The van der Waals surface area contributed by atoms with Crippen molar-refractivity contribution in [2.75, 3.05) is 12.0 Å². The smallest absolute Gasteiger partial charge is 0.214 e. The molecule has 0 atom stereocenters. The molecule has 0 aliphatic carbocycles. The van der Waals surface area contributed by atoms with Crippen molar-refractivity contribution in [1.82, 2.24) is 14.9 Å². The highest BCUT2D eigenvalue weighted by Crippen LogP contribution is 2.10. The van der Waals surface area contributed by atoms with E-state index in [1.54, 1.807) is 4.68 Å². The third-order valence-corrected chi connectivity index (χ3v) is 3.13.